The lowest BCUT2D eigenvalue weighted by Crippen LogP contribution is -2.36. The molecule has 0 amide bonds. The standard InChI is InChI=1S/C12H17NOS/c1-2-9-7-10-11(15-9)3-6-14-12(10)4-5-13-8-12/h7,13H,2-6,8H2,1H3. The Kier molecular flexibility index (Phi) is 2.34. The highest BCUT2D eigenvalue weighted by Gasteiger charge is 2.41. The molecule has 0 bridgehead atoms. The van der Waals surface area contributed by atoms with Gasteiger partial charge in [-0.3, -0.25) is 0 Å². The number of aryl methyl sites for hydroxylation is 1. The molecule has 3 heteroatoms. The Morgan fingerprint density at radius 1 is 1.60 bits per heavy atom. The Morgan fingerprint density at radius 3 is 3.27 bits per heavy atom. The van der Waals surface area contributed by atoms with Crippen molar-refractivity contribution in [2.75, 3.05) is 19.7 Å². The normalized spacial score (nSPS) is 29.7. The van der Waals surface area contributed by atoms with Crippen LogP contribution >= 0.6 is 11.3 Å². The van der Waals surface area contributed by atoms with Gasteiger partial charge < -0.3 is 10.1 Å². The third-order valence-corrected chi connectivity index (χ3v) is 4.86. The zero-order valence-electron chi connectivity index (χ0n) is 9.14. The van der Waals surface area contributed by atoms with Crippen LogP contribution in [0.5, 0.6) is 0 Å². The van der Waals surface area contributed by atoms with Crippen LogP contribution in [0.4, 0.5) is 0 Å². The summed E-state index contributed by atoms with van der Waals surface area (Å²) in [6, 6.07) is 2.38. The van der Waals surface area contributed by atoms with Crippen molar-refractivity contribution in [2.24, 2.45) is 0 Å². The first kappa shape index (κ1) is 9.82. The van der Waals surface area contributed by atoms with E-state index in [2.05, 4.69) is 18.3 Å². The largest absolute Gasteiger partial charge is 0.368 e. The highest BCUT2D eigenvalue weighted by Crippen LogP contribution is 2.41. The second kappa shape index (κ2) is 3.58. The molecular formula is C12H17NOS. The Labute approximate surface area is 94.6 Å². The van der Waals surface area contributed by atoms with E-state index in [1.807, 2.05) is 11.3 Å². The van der Waals surface area contributed by atoms with Gasteiger partial charge in [0.1, 0.15) is 5.60 Å². The molecule has 1 saturated heterocycles. The molecule has 0 saturated carbocycles. The molecule has 0 radical (unpaired) electrons. The molecule has 1 fully saturated rings. The first-order chi connectivity index (χ1) is 7.34. The van der Waals surface area contributed by atoms with E-state index < -0.39 is 0 Å². The van der Waals surface area contributed by atoms with Gasteiger partial charge in [-0.1, -0.05) is 6.92 Å². The number of ether oxygens (including phenoxy) is 1. The predicted molar refractivity (Wildman–Crippen MR) is 62.5 cm³/mol. The van der Waals surface area contributed by atoms with Crippen LogP contribution in [0.25, 0.3) is 0 Å². The number of thiophene rings is 1. The summed E-state index contributed by atoms with van der Waals surface area (Å²) in [7, 11) is 0. The first-order valence-electron chi connectivity index (χ1n) is 5.81. The van der Waals surface area contributed by atoms with Gasteiger partial charge in [0.2, 0.25) is 0 Å². The van der Waals surface area contributed by atoms with Gasteiger partial charge in [-0.2, -0.15) is 0 Å². The van der Waals surface area contributed by atoms with E-state index in [0.29, 0.717) is 0 Å². The second-order valence-electron chi connectivity index (χ2n) is 4.42. The summed E-state index contributed by atoms with van der Waals surface area (Å²) >= 11 is 1.99. The third kappa shape index (κ3) is 1.45. The van der Waals surface area contributed by atoms with Crippen LogP contribution in [0.3, 0.4) is 0 Å². The molecule has 0 aliphatic carbocycles. The fraction of sp³-hybridized carbons (Fsp3) is 0.667. The Morgan fingerprint density at radius 2 is 2.53 bits per heavy atom. The number of hydrogen-bond donors (Lipinski definition) is 1. The summed E-state index contributed by atoms with van der Waals surface area (Å²) in [6.07, 6.45) is 3.41. The van der Waals surface area contributed by atoms with Crippen molar-refractivity contribution in [2.45, 2.75) is 31.8 Å². The van der Waals surface area contributed by atoms with Crippen LogP contribution in [0, 0.1) is 0 Å². The van der Waals surface area contributed by atoms with E-state index in [1.165, 1.54) is 10.4 Å². The van der Waals surface area contributed by atoms with Crippen LogP contribution in [0.2, 0.25) is 0 Å². The first-order valence-corrected chi connectivity index (χ1v) is 6.62. The van der Waals surface area contributed by atoms with E-state index in [9.17, 15) is 0 Å². The van der Waals surface area contributed by atoms with Crippen LogP contribution in [-0.4, -0.2) is 19.7 Å². The Hall–Kier alpha value is -0.380. The maximum atomic E-state index is 6.05. The zero-order valence-corrected chi connectivity index (χ0v) is 9.95. The molecule has 15 heavy (non-hydrogen) atoms. The van der Waals surface area contributed by atoms with Gasteiger partial charge in [0.05, 0.1) is 6.61 Å². The molecular weight excluding hydrogens is 206 g/mol. The van der Waals surface area contributed by atoms with Gasteiger partial charge in [-0.25, -0.2) is 0 Å². The van der Waals surface area contributed by atoms with Crippen molar-refractivity contribution in [3.05, 3.63) is 21.4 Å². The summed E-state index contributed by atoms with van der Waals surface area (Å²) < 4.78 is 6.05. The minimum atomic E-state index is 0.0253. The Bertz CT molecular complexity index is 366. The third-order valence-electron chi connectivity index (χ3n) is 3.52. The Balaban J connectivity index is 2.05. The van der Waals surface area contributed by atoms with Crippen LogP contribution in [0.1, 0.15) is 28.7 Å². The maximum Gasteiger partial charge on any atom is 0.108 e. The van der Waals surface area contributed by atoms with Crippen molar-refractivity contribution < 1.29 is 4.74 Å². The van der Waals surface area contributed by atoms with Crippen molar-refractivity contribution in [1.82, 2.24) is 5.32 Å². The molecule has 2 aliphatic heterocycles. The smallest absolute Gasteiger partial charge is 0.108 e. The zero-order chi connectivity index (χ0) is 10.3. The monoisotopic (exact) mass is 223 g/mol. The highest BCUT2D eigenvalue weighted by molar-refractivity contribution is 7.12. The van der Waals surface area contributed by atoms with Crippen molar-refractivity contribution in [3.8, 4) is 0 Å². The van der Waals surface area contributed by atoms with E-state index in [4.69, 9.17) is 4.74 Å². The molecule has 1 atom stereocenters. The van der Waals surface area contributed by atoms with Gasteiger partial charge in [-0.15, -0.1) is 11.3 Å². The number of nitrogens with one attached hydrogen (secondary N) is 1. The molecule has 1 N–H and O–H groups in total. The number of rotatable bonds is 1. The molecule has 1 spiro atoms. The van der Waals surface area contributed by atoms with E-state index in [0.717, 1.165) is 39.0 Å². The highest BCUT2D eigenvalue weighted by atomic mass is 32.1. The molecule has 0 aromatic carbocycles. The minimum absolute atomic E-state index is 0.0253. The topological polar surface area (TPSA) is 21.3 Å². The van der Waals surface area contributed by atoms with Crippen molar-refractivity contribution >= 4 is 11.3 Å². The van der Waals surface area contributed by atoms with Gasteiger partial charge in [0.15, 0.2) is 0 Å². The second-order valence-corrected chi connectivity index (χ2v) is 5.64. The summed E-state index contributed by atoms with van der Waals surface area (Å²) in [5, 5.41) is 3.43. The summed E-state index contributed by atoms with van der Waals surface area (Å²) in [5.41, 5.74) is 1.51. The van der Waals surface area contributed by atoms with E-state index in [-0.39, 0.29) is 5.60 Å². The van der Waals surface area contributed by atoms with E-state index >= 15 is 0 Å². The fourth-order valence-corrected chi connectivity index (χ4v) is 3.85. The molecule has 1 aromatic rings. The fourth-order valence-electron chi connectivity index (χ4n) is 2.67. The van der Waals surface area contributed by atoms with Crippen molar-refractivity contribution in [3.63, 3.8) is 0 Å². The van der Waals surface area contributed by atoms with E-state index in [1.54, 1.807) is 4.88 Å². The van der Waals surface area contributed by atoms with Gasteiger partial charge in [0, 0.05) is 22.7 Å². The average Bonchev–Trinajstić information content (AvgIpc) is 2.86. The molecule has 3 heterocycles. The quantitative estimate of drug-likeness (QED) is 0.787. The van der Waals surface area contributed by atoms with Crippen LogP contribution in [-0.2, 0) is 23.2 Å². The van der Waals surface area contributed by atoms with Crippen molar-refractivity contribution in [1.29, 1.82) is 0 Å². The predicted octanol–water partition coefficient (Wildman–Crippen LogP) is 2.07. The summed E-state index contributed by atoms with van der Waals surface area (Å²) in [6.45, 7) is 5.23. The summed E-state index contributed by atoms with van der Waals surface area (Å²) in [5.74, 6) is 0. The SMILES string of the molecule is CCc1cc2c(s1)CCOC21CCNC1. The molecule has 2 aliphatic rings. The lowest BCUT2D eigenvalue weighted by Gasteiger charge is -2.33. The molecule has 82 valence electrons. The van der Waals surface area contributed by atoms with Crippen LogP contribution < -0.4 is 5.32 Å². The minimum Gasteiger partial charge on any atom is -0.368 e. The number of fused-ring (bicyclic) bond motifs is 2. The van der Waals surface area contributed by atoms with Crippen LogP contribution in [0.15, 0.2) is 6.07 Å². The summed E-state index contributed by atoms with van der Waals surface area (Å²) in [4.78, 5) is 3.08. The maximum absolute atomic E-state index is 6.05. The molecule has 2 nitrogen and oxygen atoms in total. The van der Waals surface area contributed by atoms with Gasteiger partial charge >= 0.3 is 0 Å². The molecule has 1 unspecified atom stereocenters. The average molecular weight is 223 g/mol. The molecule has 1 aromatic heterocycles. The lowest BCUT2D eigenvalue weighted by atomic mass is 9.90. The van der Waals surface area contributed by atoms with Gasteiger partial charge in [-0.05, 0) is 31.0 Å². The number of hydrogen-bond acceptors (Lipinski definition) is 3. The lowest BCUT2D eigenvalue weighted by molar-refractivity contribution is -0.0438. The van der Waals surface area contributed by atoms with Gasteiger partial charge in [0.25, 0.3) is 0 Å². The molecule has 3 rings (SSSR count).